The van der Waals surface area contributed by atoms with Gasteiger partial charge in [-0.15, -0.1) is 5.10 Å². The van der Waals surface area contributed by atoms with Crippen LogP contribution in [0.15, 0.2) is 5.10 Å². The van der Waals surface area contributed by atoms with Gasteiger partial charge in [-0.25, -0.2) is 5.43 Å². The predicted octanol–water partition coefficient (Wildman–Crippen LogP) is -0.383. The van der Waals surface area contributed by atoms with E-state index in [9.17, 15) is 0 Å². The van der Waals surface area contributed by atoms with Gasteiger partial charge in [0.05, 0.1) is 0 Å². The number of tetrazole rings is 1. The molecule has 0 aliphatic rings. The van der Waals surface area contributed by atoms with E-state index in [1.54, 1.807) is 13.1 Å². The number of aromatic amines is 1. The summed E-state index contributed by atoms with van der Waals surface area (Å²) >= 11 is 0. The highest BCUT2D eigenvalue weighted by Crippen LogP contribution is 1.86. The van der Waals surface area contributed by atoms with Crippen LogP contribution in [0.4, 0.5) is 5.95 Å². The summed E-state index contributed by atoms with van der Waals surface area (Å²) in [4.78, 5) is 0. The largest absolute Gasteiger partial charge is 0.283 e. The molecule has 1 aromatic rings. The summed E-state index contributed by atoms with van der Waals surface area (Å²) in [5, 5.41) is 16.4. The quantitative estimate of drug-likeness (QED) is 0.418. The summed E-state index contributed by atoms with van der Waals surface area (Å²) in [5.74, 6) is 0.369. The molecule has 0 unspecified atom stereocenters. The number of aromatic nitrogens is 4. The molecule has 0 saturated heterocycles. The van der Waals surface area contributed by atoms with E-state index in [0.29, 0.717) is 5.95 Å². The molecule has 1 rings (SSSR count). The molecule has 0 fully saturated rings. The van der Waals surface area contributed by atoms with Crippen LogP contribution in [0.25, 0.3) is 0 Å². The molecular formula is C3H6N6. The highest BCUT2D eigenvalue weighted by molar-refractivity contribution is 5.54. The first kappa shape index (κ1) is 5.67. The molecule has 1 aromatic heterocycles. The maximum atomic E-state index is 3.65. The summed E-state index contributed by atoms with van der Waals surface area (Å²) in [7, 11) is 0. The Kier molecular flexibility index (Phi) is 1.73. The first-order valence-electron chi connectivity index (χ1n) is 2.40. The fraction of sp³-hybridized carbons (Fsp3) is 0.333. The Hall–Kier alpha value is -1.46. The molecule has 0 amide bonds. The maximum absolute atomic E-state index is 3.65. The molecule has 9 heavy (non-hydrogen) atoms. The molecule has 0 aromatic carbocycles. The number of rotatable bonds is 2. The average molecular weight is 126 g/mol. The van der Waals surface area contributed by atoms with Gasteiger partial charge in [-0.05, 0) is 12.1 Å². The van der Waals surface area contributed by atoms with E-state index in [-0.39, 0.29) is 0 Å². The molecule has 0 aliphatic heterocycles. The number of hydrazone groups is 1. The van der Waals surface area contributed by atoms with Crippen molar-refractivity contribution in [3.8, 4) is 0 Å². The minimum Gasteiger partial charge on any atom is -0.243 e. The van der Waals surface area contributed by atoms with Crippen molar-refractivity contribution in [3.63, 3.8) is 0 Å². The Balaban J connectivity index is 2.48. The van der Waals surface area contributed by atoms with Crippen molar-refractivity contribution in [2.24, 2.45) is 5.10 Å². The summed E-state index contributed by atoms with van der Waals surface area (Å²) in [6, 6.07) is 0. The third kappa shape index (κ3) is 1.48. The summed E-state index contributed by atoms with van der Waals surface area (Å²) in [5.41, 5.74) is 2.53. The molecule has 1 heterocycles. The smallest absolute Gasteiger partial charge is 0.243 e. The van der Waals surface area contributed by atoms with Crippen LogP contribution >= 0.6 is 0 Å². The molecule has 2 N–H and O–H groups in total. The second-order valence-electron chi connectivity index (χ2n) is 1.23. The van der Waals surface area contributed by atoms with Gasteiger partial charge in [0, 0.05) is 6.21 Å². The number of anilines is 1. The van der Waals surface area contributed by atoms with Crippen molar-refractivity contribution in [1.29, 1.82) is 0 Å². The van der Waals surface area contributed by atoms with Gasteiger partial charge in [0.25, 0.3) is 5.95 Å². The van der Waals surface area contributed by atoms with Crippen molar-refractivity contribution in [2.45, 2.75) is 6.92 Å². The van der Waals surface area contributed by atoms with Gasteiger partial charge in [-0.3, -0.25) is 0 Å². The minimum absolute atomic E-state index is 0.369. The third-order valence-corrected chi connectivity index (χ3v) is 0.639. The Labute approximate surface area is 51.4 Å². The van der Waals surface area contributed by atoms with Gasteiger partial charge in [0.1, 0.15) is 0 Å². The summed E-state index contributed by atoms with van der Waals surface area (Å²) in [6.45, 7) is 1.78. The molecule has 0 aliphatic carbocycles. The van der Waals surface area contributed by atoms with E-state index < -0.39 is 0 Å². The highest BCUT2D eigenvalue weighted by Gasteiger charge is 1.88. The van der Waals surface area contributed by atoms with Crippen LogP contribution in [0.2, 0.25) is 0 Å². The van der Waals surface area contributed by atoms with E-state index in [4.69, 9.17) is 0 Å². The van der Waals surface area contributed by atoms with Gasteiger partial charge in [-0.1, -0.05) is 5.10 Å². The molecule has 6 nitrogen and oxygen atoms in total. The van der Waals surface area contributed by atoms with Gasteiger partial charge < -0.3 is 0 Å². The van der Waals surface area contributed by atoms with Crippen LogP contribution < -0.4 is 5.43 Å². The second-order valence-corrected chi connectivity index (χ2v) is 1.23. The third-order valence-electron chi connectivity index (χ3n) is 0.639. The van der Waals surface area contributed by atoms with Gasteiger partial charge >= 0.3 is 0 Å². The maximum Gasteiger partial charge on any atom is 0.283 e. The number of hydrogen-bond donors (Lipinski definition) is 2. The van der Waals surface area contributed by atoms with Crippen LogP contribution in [0.3, 0.4) is 0 Å². The van der Waals surface area contributed by atoms with E-state index in [1.807, 2.05) is 0 Å². The lowest BCUT2D eigenvalue weighted by Crippen LogP contribution is -1.89. The Morgan fingerprint density at radius 3 is 3.22 bits per heavy atom. The molecule has 0 saturated carbocycles. The van der Waals surface area contributed by atoms with E-state index in [1.165, 1.54) is 0 Å². The van der Waals surface area contributed by atoms with E-state index >= 15 is 0 Å². The minimum atomic E-state index is 0.369. The normalized spacial score (nSPS) is 10.3. The molecule has 0 bridgehead atoms. The van der Waals surface area contributed by atoms with E-state index in [2.05, 4.69) is 31.2 Å². The first-order valence-corrected chi connectivity index (χ1v) is 2.40. The van der Waals surface area contributed by atoms with Crippen molar-refractivity contribution >= 4 is 12.2 Å². The topological polar surface area (TPSA) is 78.9 Å². The standard InChI is InChI=1S/C3H6N6/c1-2-4-5-3-6-8-9-7-3/h2H,1H3,(H2,5,6,7,8,9). The Morgan fingerprint density at radius 2 is 2.67 bits per heavy atom. The van der Waals surface area contributed by atoms with Crippen LogP contribution in [0.5, 0.6) is 0 Å². The van der Waals surface area contributed by atoms with Crippen LogP contribution in [-0.4, -0.2) is 26.8 Å². The van der Waals surface area contributed by atoms with Crippen molar-refractivity contribution in [3.05, 3.63) is 0 Å². The number of nitrogens with one attached hydrogen (secondary N) is 2. The predicted molar refractivity (Wildman–Crippen MR) is 32.0 cm³/mol. The zero-order valence-electron chi connectivity index (χ0n) is 4.87. The van der Waals surface area contributed by atoms with Gasteiger partial charge in [0.2, 0.25) is 0 Å². The molecule has 0 atom stereocenters. The lowest BCUT2D eigenvalue weighted by atomic mass is 10.9. The lowest BCUT2D eigenvalue weighted by Gasteiger charge is -1.84. The van der Waals surface area contributed by atoms with Crippen molar-refractivity contribution in [2.75, 3.05) is 5.43 Å². The highest BCUT2D eigenvalue weighted by atomic mass is 15.5. The summed E-state index contributed by atoms with van der Waals surface area (Å²) in [6.07, 6.45) is 1.59. The molecule has 48 valence electrons. The molecule has 6 heteroatoms. The Morgan fingerprint density at radius 1 is 1.78 bits per heavy atom. The molecular weight excluding hydrogens is 120 g/mol. The fourth-order valence-electron chi connectivity index (χ4n) is 0.331. The van der Waals surface area contributed by atoms with E-state index in [0.717, 1.165) is 0 Å². The number of nitrogens with zero attached hydrogens (tertiary/aromatic N) is 4. The van der Waals surface area contributed by atoms with Crippen molar-refractivity contribution < 1.29 is 0 Å². The molecule has 0 radical (unpaired) electrons. The average Bonchev–Trinajstić information content (AvgIpc) is 2.34. The lowest BCUT2D eigenvalue weighted by molar-refractivity contribution is 0.881. The van der Waals surface area contributed by atoms with Crippen molar-refractivity contribution in [1.82, 2.24) is 20.6 Å². The van der Waals surface area contributed by atoms with Crippen LogP contribution in [-0.2, 0) is 0 Å². The van der Waals surface area contributed by atoms with Crippen LogP contribution in [0, 0.1) is 0 Å². The zero-order chi connectivity index (χ0) is 6.53. The SMILES string of the molecule is CC=NNc1nn[nH]n1. The number of H-pyrrole nitrogens is 1. The summed E-state index contributed by atoms with van der Waals surface area (Å²) < 4.78 is 0. The molecule has 0 spiro atoms. The second kappa shape index (κ2) is 2.75. The monoisotopic (exact) mass is 126 g/mol. The van der Waals surface area contributed by atoms with Gasteiger partial charge in [0.15, 0.2) is 0 Å². The van der Waals surface area contributed by atoms with Crippen LogP contribution in [0.1, 0.15) is 6.92 Å². The number of hydrogen-bond acceptors (Lipinski definition) is 5. The fourth-order valence-corrected chi connectivity index (χ4v) is 0.331. The Bertz CT molecular complexity index is 176. The zero-order valence-corrected chi connectivity index (χ0v) is 4.87. The first-order chi connectivity index (χ1) is 4.43. The van der Waals surface area contributed by atoms with Gasteiger partial charge in [-0.2, -0.15) is 10.3 Å².